The summed E-state index contributed by atoms with van der Waals surface area (Å²) in [6.07, 6.45) is 2.02. The highest BCUT2D eigenvalue weighted by molar-refractivity contribution is 7.15. The first-order chi connectivity index (χ1) is 9.50. The number of thiazole rings is 1. The molecule has 0 amide bonds. The highest BCUT2D eigenvalue weighted by Gasteiger charge is 2.33. The maximum Gasteiger partial charge on any atom is 0.129 e. The van der Waals surface area contributed by atoms with Crippen molar-refractivity contribution in [2.45, 2.75) is 32.7 Å². The molecule has 3 nitrogen and oxygen atoms in total. The van der Waals surface area contributed by atoms with Crippen molar-refractivity contribution >= 4 is 11.3 Å². The Labute approximate surface area is 123 Å². The van der Waals surface area contributed by atoms with Crippen LogP contribution in [-0.4, -0.2) is 12.1 Å². The molecule has 3 rings (SSSR count). The van der Waals surface area contributed by atoms with E-state index in [9.17, 15) is 0 Å². The van der Waals surface area contributed by atoms with Crippen LogP contribution >= 0.6 is 11.3 Å². The van der Waals surface area contributed by atoms with Gasteiger partial charge in [-0.05, 0) is 30.4 Å². The molecule has 2 aromatic rings. The van der Waals surface area contributed by atoms with Crippen molar-refractivity contribution in [1.29, 1.82) is 0 Å². The molecule has 1 aromatic carbocycles. The van der Waals surface area contributed by atoms with E-state index in [0.29, 0.717) is 0 Å². The van der Waals surface area contributed by atoms with E-state index < -0.39 is 0 Å². The molecule has 1 unspecified atom stereocenters. The third kappa shape index (κ3) is 2.34. The second kappa shape index (κ2) is 4.86. The molecule has 1 heterocycles. The van der Waals surface area contributed by atoms with Crippen molar-refractivity contribution in [2.24, 2.45) is 11.1 Å². The summed E-state index contributed by atoms with van der Waals surface area (Å²) < 4.78 is 5.43. The predicted octanol–water partition coefficient (Wildman–Crippen LogP) is 3.79. The van der Waals surface area contributed by atoms with Crippen molar-refractivity contribution in [1.82, 2.24) is 4.98 Å². The Bertz CT molecular complexity index is 633. The molecule has 0 radical (unpaired) electrons. The first-order valence-corrected chi connectivity index (χ1v) is 7.70. The van der Waals surface area contributed by atoms with Gasteiger partial charge in [0.1, 0.15) is 10.8 Å². The molecule has 20 heavy (non-hydrogen) atoms. The van der Waals surface area contributed by atoms with Gasteiger partial charge in [0.2, 0.25) is 0 Å². The third-order valence-corrected chi connectivity index (χ3v) is 5.08. The second-order valence-electron chi connectivity index (χ2n) is 6.18. The van der Waals surface area contributed by atoms with Crippen LogP contribution < -0.4 is 10.5 Å². The maximum absolute atomic E-state index is 6.32. The van der Waals surface area contributed by atoms with E-state index in [1.165, 1.54) is 10.6 Å². The molecular weight excluding hydrogens is 268 g/mol. The minimum absolute atomic E-state index is 0.106. The van der Waals surface area contributed by atoms with Crippen molar-refractivity contribution < 1.29 is 4.74 Å². The number of ether oxygens (including phenoxy) is 1. The fraction of sp³-hybridized carbons (Fsp3) is 0.438. The number of fused-ring (bicyclic) bond motifs is 1. The Hall–Kier alpha value is -1.39. The maximum atomic E-state index is 6.32. The van der Waals surface area contributed by atoms with Gasteiger partial charge in [-0.25, -0.2) is 4.98 Å². The minimum Gasteiger partial charge on any atom is -0.496 e. The normalized spacial score (nSPS) is 20.5. The van der Waals surface area contributed by atoms with E-state index in [0.717, 1.165) is 29.2 Å². The highest BCUT2D eigenvalue weighted by Crippen LogP contribution is 2.44. The fourth-order valence-electron chi connectivity index (χ4n) is 2.93. The molecule has 0 fully saturated rings. The van der Waals surface area contributed by atoms with Gasteiger partial charge in [0.15, 0.2) is 0 Å². The summed E-state index contributed by atoms with van der Waals surface area (Å²) in [6.45, 7) is 4.52. The molecular formula is C16H20N2OS. The average molecular weight is 288 g/mol. The third-order valence-electron chi connectivity index (χ3n) is 3.82. The van der Waals surface area contributed by atoms with E-state index >= 15 is 0 Å². The number of hydrogen-bond donors (Lipinski definition) is 1. The number of hydrogen-bond acceptors (Lipinski definition) is 4. The molecule has 0 bridgehead atoms. The van der Waals surface area contributed by atoms with Gasteiger partial charge in [-0.1, -0.05) is 26.0 Å². The van der Waals surface area contributed by atoms with Crippen LogP contribution in [-0.2, 0) is 6.42 Å². The molecule has 1 atom stereocenters. The summed E-state index contributed by atoms with van der Waals surface area (Å²) in [5.74, 6) is 0.867. The van der Waals surface area contributed by atoms with Gasteiger partial charge in [0.05, 0.1) is 18.4 Å². The second-order valence-corrected chi connectivity index (χ2v) is 7.21. The zero-order valence-electron chi connectivity index (χ0n) is 12.1. The van der Waals surface area contributed by atoms with Crippen LogP contribution in [0.25, 0.3) is 10.6 Å². The zero-order valence-corrected chi connectivity index (χ0v) is 13.0. The lowest BCUT2D eigenvalue weighted by Crippen LogP contribution is -2.28. The monoisotopic (exact) mass is 288 g/mol. The smallest absolute Gasteiger partial charge is 0.129 e. The Morgan fingerprint density at radius 1 is 1.35 bits per heavy atom. The minimum atomic E-state index is 0.106. The van der Waals surface area contributed by atoms with Crippen molar-refractivity contribution in [2.75, 3.05) is 7.11 Å². The number of benzene rings is 1. The summed E-state index contributed by atoms with van der Waals surface area (Å²) in [4.78, 5) is 6.08. The summed E-state index contributed by atoms with van der Waals surface area (Å²) in [5, 5.41) is 1.01. The highest BCUT2D eigenvalue weighted by atomic mass is 32.1. The summed E-state index contributed by atoms with van der Waals surface area (Å²) >= 11 is 1.71. The number of nitrogens with zero attached hydrogens (tertiary/aromatic N) is 1. The molecule has 0 spiro atoms. The first-order valence-electron chi connectivity index (χ1n) is 6.89. The van der Waals surface area contributed by atoms with Gasteiger partial charge in [0.25, 0.3) is 0 Å². The van der Waals surface area contributed by atoms with E-state index in [1.807, 2.05) is 18.2 Å². The van der Waals surface area contributed by atoms with Crippen molar-refractivity contribution in [3.8, 4) is 16.3 Å². The molecule has 106 valence electrons. The van der Waals surface area contributed by atoms with Gasteiger partial charge in [-0.2, -0.15) is 0 Å². The lowest BCUT2D eigenvalue weighted by Gasteiger charge is -2.32. The topological polar surface area (TPSA) is 48.1 Å². The van der Waals surface area contributed by atoms with Crippen LogP contribution in [0, 0.1) is 5.41 Å². The van der Waals surface area contributed by atoms with Gasteiger partial charge < -0.3 is 10.5 Å². The van der Waals surface area contributed by atoms with Crippen LogP contribution in [0.1, 0.15) is 36.9 Å². The Kier molecular flexibility index (Phi) is 3.30. The molecule has 0 saturated carbocycles. The largest absolute Gasteiger partial charge is 0.496 e. The molecule has 0 aliphatic heterocycles. The standard InChI is InChI=1S/C16H20N2OS/c1-16(2)8-11(17)14-12(9-16)18-15(20-14)10-6-4-5-7-13(10)19-3/h4-7,11H,8-9,17H2,1-3H3. The molecule has 0 saturated heterocycles. The van der Waals surface area contributed by atoms with Crippen LogP contribution in [0.15, 0.2) is 24.3 Å². The van der Waals surface area contributed by atoms with Crippen LogP contribution in [0.2, 0.25) is 0 Å². The van der Waals surface area contributed by atoms with E-state index in [2.05, 4.69) is 19.9 Å². The Morgan fingerprint density at radius 3 is 2.85 bits per heavy atom. The lowest BCUT2D eigenvalue weighted by molar-refractivity contribution is 0.282. The fourth-order valence-corrected chi connectivity index (χ4v) is 4.04. The van der Waals surface area contributed by atoms with Crippen molar-refractivity contribution in [3.05, 3.63) is 34.8 Å². The van der Waals surface area contributed by atoms with Crippen molar-refractivity contribution in [3.63, 3.8) is 0 Å². The van der Waals surface area contributed by atoms with Gasteiger partial charge in [0, 0.05) is 10.9 Å². The zero-order chi connectivity index (χ0) is 14.3. The van der Waals surface area contributed by atoms with Gasteiger partial charge in [-0.3, -0.25) is 0 Å². The lowest BCUT2D eigenvalue weighted by atomic mass is 9.77. The summed E-state index contributed by atoms with van der Waals surface area (Å²) in [7, 11) is 1.70. The molecule has 1 aromatic heterocycles. The molecule has 1 aliphatic rings. The van der Waals surface area contributed by atoms with Crippen LogP contribution in [0.3, 0.4) is 0 Å². The van der Waals surface area contributed by atoms with Gasteiger partial charge in [-0.15, -0.1) is 11.3 Å². The molecule has 2 N–H and O–H groups in total. The Balaban J connectivity index is 2.06. The number of rotatable bonds is 2. The SMILES string of the molecule is COc1ccccc1-c1nc2c(s1)C(N)CC(C)(C)C2. The number of methoxy groups -OCH3 is 1. The number of para-hydroxylation sites is 1. The van der Waals surface area contributed by atoms with Crippen LogP contribution in [0.4, 0.5) is 0 Å². The summed E-state index contributed by atoms with van der Waals surface area (Å²) in [6, 6.07) is 8.13. The molecule has 4 heteroatoms. The predicted molar refractivity (Wildman–Crippen MR) is 83.1 cm³/mol. The molecule has 1 aliphatic carbocycles. The number of aromatic nitrogens is 1. The summed E-state index contributed by atoms with van der Waals surface area (Å²) in [5.41, 5.74) is 8.78. The quantitative estimate of drug-likeness (QED) is 0.914. The van der Waals surface area contributed by atoms with Gasteiger partial charge >= 0.3 is 0 Å². The first kappa shape index (κ1) is 13.6. The Morgan fingerprint density at radius 2 is 2.10 bits per heavy atom. The average Bonchev–Trinajstić information content (AvgIpc) is 2.81. The van der Waals surface area contributed by atoms with E-state index in [1.54, 1.807) is 18.4 Å². The van der Waals surface area contributed by atoms with E-state index in [-0.39, 0.29) is 11.5 Å². The number of nitrogens with two attached hydrogens (primary N) is 1. The van der Waals surface area contributed by atoms with Crippen LogP contribution in [0.5, 0.6) is 5.75 Å². The van der Waals surface area contributed by atoms with E-state index in [4.69, 9.17) is 15.5 Å².